The van der Waals surface area contributed by atoms with E-state index in [2.05, 4.69) is 15.0 Å². The third-order valence-electron chi connectivity index (χ3n) is 3.67. The number of fused-ring (bicyclic) bond motifs is 2. The molecule has 1 aliphatic rings. The van der Waals surface area contributed by atoms with E-state index in [4.69, 9.17) is 9.47 Å². The SMILES string of the molecule is O=C(OCc1nc2ncccc2[nH]1)C1Cc2cc(F)cc(F)c2O1. The van der Waals surface area contributed by atoms with Gasteiger partial charge in [-0.05, 0) is 18.2 Å². The lowest BCUT2D eigenvalue weighted by atomic mass is 10.1. The monoisotopic (exact) mass is 331 g/mol. The largest absolute Gasteiger partial charge is 0.475 e. The fourth-order valence-electron chi connectivity index (χ4n) is 2.61. The summed E-state index contributed by atoms with van der Waals surface area (Å²) in [6.45, 7) is -0.0950. The van der Waals surface area contributed by atoms with Crippen molar-refractivity contribution in [3.05, 3.63) is 53.5 Å². The molecule has 1 aliphatic heterocycles. The second-order valence-corrected chi connectivity index (χ2v) is 5.35. The van der Waals surface area contributed by atoms with Crippen LogP contribution < -0.4 is 4.74 Å². The molecule has 0 radical (unpaired) electrons. The van der Waals surface area contributed by atoms with Gasteiger partial charge in [-0.3, -0.25) is 0 Å². The number of nitrogens with one attached hydrogen (secondary N) is 1. The standard InChI is InChI=1S/C16H11F2N3O3/c17-9-4-8-5-12(24-14(8)10(18)6-9)16(22)23-7-13-20-11-2-1-3-19-15(11)21-13/h1-4,6,12H,5,7H2,(H,19,20,21). The predicted octanol–water partition coefficient (Wildman–Crippen LogP) is 2.28. The zero-order chi connectivity index (χ0) is 16.7. The molecule has 0 saturated carbocycles. The zero-order valence-electron chi connectivity index (χ0n) is 12.3. The molecule has 4 rings (SSSR count). The van der Waals surface area contributed by atoms with Crippen LogP contribution in [0, 0.1) is 11.6 Å². The van der Waals surface area contributed by atoms with Gasteiger partial charge in [0.25, 0.3) is 0 Å². The molecule has 0 aliphatic carbocycles. The molecule has 2 aromatic heterocycles. The third-order valence-corrected chi connectivity index (χ3v) is 3.67. The minimum atomic E-state index is -1.00. The van der Waals surface area contributed by atoms with Crippen LogP contribution in [0.15, 0.2) is 30.5 Å². The average molecular weight is 331 g/mol. The number of benzene rings is 1. The molecule has 6 nitrogen and oxygen atoms in total. The molecule has 0 amide bonds. The fourth-order valence-corrected chi connectivity index (χ4v) is 2.61. The third kappa shape index (κ3) is 2.55. The number of carbonyl (C=O) groups is 1. The summed E-state index contributed by atoms with van der Waals surface area (Å²) in [4.78, 5) is 23.3. The maximum atomic E-state index is 13.6. The van der Waals surface area contributed by atoms with Crippen LogP contribution in [0.2, 0.25) is 0 Å². The first-order valence-electron chi connectivity index (χ1n) is 7.21. The molecule has 3 heterocycles. The molecule has 3 aromatic rings. The lowest BCUT2D eigenvalue weighted by molar-refractivity contribution is -0.152. The van der Waals surface area contributed by atoms with Crippen molar-refractivity contribution in [2.24, 2.45) is 0 Å². The minimum Gasteiger partial charge on any atom is -0.475 e. The van der Waals surface area contributed by atoms with Crippen LogP contribution in [0.5, 0.6) is 5.75 Å². The molecule has 1 atom stereocenters. The Balaban J connectivity index is 1.43. The van der Waals surface area contributed by atoms with E-state index >= 15 is 0 Å². The highest BCUT2D eigenvalue weighted by atomic mass is 19.1. The van der Waals surface area contributed by atoms with Gasteiger partial charge in [0.1, 0.15) is 18.2 Å². The number of pyridine rings is 1. The molecule has 0 spiro atoms. The fraction of sp³-hybridized carbons (Fsp3) is 0.188. The van der Waals surface area contributed by atoms with Crippen molar-refractivity contribution in [1.29, 1.82) is 0 Å². The zero-order valence-corrected chi connectivity index (χ0v) is 12.3. The highest BCUT2D eigenvalue weighted by molar-refractivity contribution is 5.77. The predicted molar refractivity (Wildman–Crippen MR) is 78.2 cm³/mol. The Morgan fingerprint density at radius 2 is 2.29 bits per heavy atom. The maximum absolute atomic E-state index is 13.6. The average Bonchev–Trinajstić information content (AvgIpc) is 3.15. The number of carbonyl (C=O) groups excluding carboxylic acids is 1. The molecule has 1 N–H and O–H groups in total. The van der Waals surface area contributed by atoms with Gasteiger partial charge < -0.3 is 14.5 Å². The summed E-state index contributed by atoms with van der Waals surface area (Å²) in [5, 5.41) is 0. The van der Waals surface area contributed by atoms with Crippen LogP contribution in [0.1, 0.15) is 11.4 Å². The van der Waals surface area contributed by atoms with Gasteiger partial charge in [-0.15, -0.1) is 0 Å². The van der Waals surface area contributed by atoms with E-state index < -0.39 is 23.7 Å². The number of halogens is 2. The first-order chi connectivity index (χ1) is 11.6. The number of ether oxygens (including phenoxy) is 2. The summed E-state index contributed by atoms with van der Waals surface area (Å²) >= 11 is 0. The normalized spacial score (nSPS) is 16.0. The molecule has 1 unspecified atom stereocenters. The first-order valence-corrected chi connectivity index (χ1v) is 7.21. The number of esters is 1. The van der Waals surface area contributed by atoms with Crippen LogP contribution in [-0.2, 0) is 22.6 Å². The number of hydrogen-bond donors (Lipinski definition) is 1. The lowest BCUT2D eigenvalue weighted by Gasteiger charge is -2.09. The van der Waals surface area contributed by atoms with Crippen LogP contribution in [0.25, 0.3) is 11.2 Å². The van der Waals surface area contributed by atoms with Crippen LogP contribution in [-0.4, -0.2) is 27.0 Å². The molecule has 122 valence electrons. The summed E-state index contributed by atoms with van der Waals surface area (Å²) in [5.74, 6) is -1.88. The van der Waals surface area contributed by atoms with Gasteiger partial charge in [0.15, 0.2) is 23.3 Å². The molecular formula is C16H11F2N3O3. The number of rotatable bonds is 3. The van der Waals surface area contributed by atoms with E-state index in [1.54, 1.807) is 18.3 Å². The van der Waals surface area contributed by atoms with E-state index in [1.165, 1.54) is 0 Å². The number of nitrogens with zero attached hydrogens (tertiary/aromatic N) is 2. The molecule has 24 heavy (non-hydrogen) atoms. The first kappa shape index (κ1) is 14.6. The second kappa shape index (κ2) is 5.55. The number of aromatic nitrogens is 3. The molecule has 0 bridgehead atoms. The van der Waals surface area contributed by atoms with Gasteiger partial charge >= 0.3 is 5.97 Å². The van der Waals surface area contributed by atoms with Crippen LogP contribution >= 0.6 is 0 Å². The van der Waals surface area contributed by atoms with Gasteiger partial charge in [-0.1, -0.05) is 0 Å². The topological polar surface area (TPSA) is 77.1 Å². The summed E-state index contributed by atoms with van der Waals surface area (Å²) in [6, 6.07) is 5.42. The quantitative estimate of drug-likeness (QED) is 0.745. The molecule has 0 saturated heterocycles. The van der Waals surface area contributed by atoms with Crippen LogP contribution in [0.4, 0.5) is 8.78 Å². The molecule has 8 heteroatoms. The number of H-pyrrole nitrogens is 1. The molecular weight excluding hydrogens is 320 g/mol. The van der Waals surface area contributed by atoms with Crippen molar-refractivity contribution in [2.75, 3.05) is 0 Å². The summed E-state index contributed by atoms with van der Waals surface area (Å²) in [5.41, 5.74) is 1.55. The number of aromatic amines is 1. The highest BCUT2D eigenvalue weighted by Crippen LogP contribution is 2.32. The molecule has 1 aromatic carbocycles. The number of hydrogen-bond acceptors (Lipinski definition) is 5. The van der Waals surface area contributed by atoms with Crippen molar-refractivity contribution in [3.8, 4) is 5.75 Å². The van der Waals surface area contributed by atoms with Gasteiger partial charge in [-0.25, -0.2) is 23.5 Å². The van der Waals surface area contributed by atoms with Gasteiger partial charge in [-0.2, -0.15) is 0 Å². The Morgan fingerprint density at radius 1 is 1.42 bits per heavy atom. The van der Waals surface area contributed by atoms with Crippen molar-refractivity contribution in [3.63, 3.8) is 0 Å². The van der Waals surface area contributed by atoms with Crippen LogP contribution in [0.3, 0.4) is 0 Å². The van der Waals surface area contributed by atoms with Crippen molar-refractivity contribution < 1.29 is 23.0 Å². The second-order valence-electron chi connectivity index (χ2n) is 5.35. The van der Waals surface area contributed by atoms with E-state index in [9.17, 15) is 13.6 Å². The smallest absolute Gasteiger partial charge is 0.348 e. The van der Waals surface area contributed by atoms with Gasteiger partial charge in [0, 0.05) is 24.2 Å². The minimum absolute atomic E-state index is 0.0601. The number of imidazole rings is 1. The van der Waals surface area contributed by atoms with Crippen molar-refractivity contribution >= 4 is 17.1 Å². The maximum Gasteiger partial charge on any atom is 0.348 e. The Hall–Kier alpha value is -3.03. The van der Waals surface area contributed by atoms with Gasteiger partial charge in [0.05, 0.1) is 5.52 Å². The van der Waals surface area contributed by atoms with Crippen molar-refractivity contribution in [1.82, 2.24) is 15.0 Å². The van der Waals surface area contributed by atoms with Gasteiger partial charge in [0.2, 0.25) is 0 Å². The Morgan fingerprint density at radius 3 is 3.12 bits per heavy atom. The van der Waals surface area contributed by atoms with Crippen molar-refractivity contribution in [2.45, 2.75) is 19.1 Å². The Labute approximate surface area is 134 Å². The summed E-state index contributed by atoms with van der Waals surface area (Å²) in [6.07, 6.45) is 0.666. The Kier molecular flexibility index (Phi) is 3.37. The van der Waals surface area contributed by atoms with E-state index in [-0.39, 0.29) is 18.8 Å². The molecule has 0 fully saturated rings. The lowest BCUT2D eigenvalue weighted by Crippen LogP contribution is -2.27. The van der Waals surface area contributed by atoms with E-state index in [0.29, 0.717) is 23.1 Å². The van der Waals surface area contributed by atoms with E-state index in [0.717, 1.165) is 11.6 Å². The summed E-state index contributed by atoms with van der Waals surface area (Å²) < 4.78 is 37.2. The summed E-state index contributed by atoms with van der Waals surface area (Å²) in [7, 11) is 0. The highest BCUT2D eigenvalue weighted by Gasteiger charge is 2.33. The van der Waals surface area contributed by atoms with E-state index in [1.807, 2.05) is 0 Å². The Bertz CT molecular complexity index is 908.